The zero-order valence-electron chi connectivity index (χ0n) is 10.7. The van der Waals surface area contributed by atoms with Crippen LogP contribution in [0.1, 0.15) is 38.8 Å². The third-order valence-corrected chi connectivity index (χ3v) is 2.69. The molecule has 0 aliphatic carbocycles. The molecule has 3 heteroatoms. The van der Waals surface area contributed by atoms with E-state index in [-0.39, 0.29) is 17.4 Å². The lowest BCUT2D eigenvalue weighted by Gasteiger charge is -2.21. The molecular formula is C14H20ClNO. The standard InChI is InChI=1S/C14H20ClNO/c1-14(2,3)9-13(17)16-12(10-15)11-7-5-4-6-8-11/h4-8,12H,9-10H2,1-3H3,(H,16,17). The van der Waals surface area contributed by atoms with Crippen LogP contribution in [0.2, 0.25) is 0 Å². The maximum absolute atomic E-state index is 11.8. The molecule has 0 aromatic heterocycles. The number of carbonyl (C=O) groups is 1. The molecule has 0 saturated heterocycles. The predicted octanol–water partition coefficient (Wildman–Crippen LogP) is 3.52. The number of hydrogen-bond acceptors (Lipinski definition) is 1. The number of carbonyl (C=O) groups excluding carboxylic acids is 1. The van der Waals surface area contributed by atoms with Crippen molar-refractivity contribution in [2.24, 2.45) is 5.41 Å². The number of halogens is 1. The number of rotatable bonds is 4. The first-order chi connectivity index (χ1) is 7.92. The topological polar surface area (TPSA) is 29.1 Å². The minimum atomic E-state index is -0.104. The molecule has 0 heterocycles. The predicted molar refractivity (Wildman–Crippen MR) is 72.1 cm³/mol. The molecule has 0 aliphatic heterocycles. The number of hydrogen-bond donors (Lipinski definition) is 1. The lowest BCUT2D eigenvalue weighted by atomic mass is 9.91. The molecule has 0 spiro atoms. The van der Waals surface area contributed by atoms with Crippen molar-refractivity contribution in [3.05, 3.63) is 35.9 Å². The van der Waals surface area contributed by atoms with E-state index in [2.05, 4.69) is 5.32 Å². The molecule has 17 heavy (non-hydrogen) atoms. The van der Waals surface area contributed by atoms with E-state index in [1.807, 2.05) is 51.1 Å². The lowest BCUT2D eigenvalue weighted by molar-refractivity contribution is -0.123. The highest BCUT2D eigenvalue weighted by molar-refractivity contribution is 6.18. The Morgan fingerprint density at radius 1 is 1.29 bits per heavy atom. The van der Waals surface area contributed by atoms with Gasteiger partial charge in [-0.3, -0.25) is 4.79 Å². The summed E-state index contributed by atoms with van der Waals surface area (Å²) in [5, 5.41) is 2.97. The van der Waals surface area contributed by atoms with Crippen molar-refractivity contribution < 1.29 is 4.79 Å². The smallest absolute Gasteiger partial charge is 0.221 e. The Labute approximate surface area is 108 Å². The third kappa shape index (κ3) is 5.22. The Hall–Kier alpha value is -1.02. The Bertz CT molecular complexity index is 356. The van der Waals surface area contributed by atoms with Gasteiger partial charge in [-0.25, -0.2) is 0 Å². The fourth-order valence-electron chi connectivity index (χ4n) is 1.62. The fourth-order valence-corrected chi connectivity index (χ4v) is 1.88. The fraction of sp³-hybridized carbons (Fsp3) is 0.500. The minimum Gasteiger partial charge on any atom is -0.348 e. The van der Waals surface area contributed by atoms with Crippen LogP contribution in [0.25, 0.3) is 0 Å². The average Bonchev–Trinajstić information content (AvgIpc) is 2.24. The van der Waals surface area contributed by atoms with Crippen molar-refractivity contribution in [2.45, 2.75) is 33.2 Å². The number of nitrogens with one attached hydrogen (secondary N) is 1. The van der Waals surface area contributed by atoms with E-state index in [1.165, 1.54) is 0 Å². The van der Waals surface area contributed by atoms with Gasteiger partial charge >= 0.3 is 0 Å². The molecule has 1 aromatic rings. The van der Waals surface area contributed by atoms with Crippen molar-refractivity contribution in [3.8, 4) is 0 Å². The summed E-state index contributed by atoms with van der Waals surface area (Å²) in [7, 11) is 0. The van der Waals surface area contributed by atoms with Crippen LogP contribution in [0, 0.1) is 5.41 Å². The summed E-state index contributed by atoms with van der Waals surface area (Å²) in [5.74, 6) is 0.437. The molecule has 0 saturated carbocycles. The van der Waals surface area contributed by atoms with Gasteiger partial charge in [0.1, 0.15) is 0 Å². The maximum atomic E-state index is 11.8. The second-order valence-corrected chi connectivity index (χ2v) is 5.73. The molecule has 1 unspecified atom stereocenters. The quantitative estimate of drug-likeness (QED) is 0.818. The highest BCUT2D eigenvalue weighted by atomic mass is 35.5. The summed E-state index contributed by atoms with van der Waals surface area (Å²) < 4.78 is 0. The summed E-state index contributed by atoms with van der Waals surface area (Å²) in [6, 6.07) is 9.70. The van der Waals surface area contributed by atoms with Crippen molar-refractivity contribution in [1.29, 1.82) is 0 Å². The molecule has 1 atom stereocenters. The van der Waals surface area contributed by atoms with E-state index in [1.54, 1.807) is 0 Å². The van der Waals surface area contributed by atoms with E-state index in [0.717, 1.165) is 5.56 Å². The first kappa shape index (κ1) is 14.0. The van der Waals surface area contributed by atoms with Crippen LogP contribution in [-0.4, -0.2) is 11.8 Å². The van der Waals surface area contributed by atoms with E-state index in [4.69, 9.17) is 11.6 Å². The van der Waals surface area contributed by atoms with Crippen molar-refractivity contribution in [3.63, 3.8) is 0 Å². The van der Waals surface area contributed by atoms with Crippen molar-refractivity contribution >= 4 is 17.5 Å². The molecule has 1 rings (SSSR count). The van der Waals surface area contributed by atoms with Gasteiger partial charge in [-0.1, -0.05) is 51.1 Å². The summed E-state index contributed by atoms with van der Waals surface area (Å²) in [6.45, 7) is 6.14. The largest absolute Gasteiger partial charge is 0.348 e. The van der Waals surface area contributed by atoms with Crippen LogP contribution in [0.4, 0.5) is 0 Å². The van der Waals surface area contributed by atoms with Gasteiger partial charge in [0.05, 0.1) is 6.04 Å². The molecule has 0 aliphatic rings. The highest BCUT2D eigenvalue weighted by Crippen LogP contribution is 2.20. The van der Waals surface area contributed by atoms with Gasteiger partial charge < -0.3 is 5.32 Å². The molecule has 2 nitrogen and oxygen atoms in total. The molecule has 0 fully saturated rings. The van der Waals surface area contributed by atoms with E-state index < -0.39 is 0 Å². The van der Waals surface area contributed by atoms with Gasteiger partial charge in [0.2, 0.25) is 5.91 Å². The molecule has 1 aromatic carbocycles. The van der Waals surface area contributed by atoms with Gasteiger partial charge in [0, 0.05) is 12.3 Å². The van der Waals surface area contributed by atoms with Gasteiger partial charge in [0.25, 0.3) is 0 Å². The van der Waals surface area contributed by atoms with Crippen molar-refractivity contribution in [2.75, 3.05) is 5.88 Å². The summed E-state index contributed by atoms with van der Waals surface area (Å²) in [4.78, 5) is 11.8. The molecule has 1 amide bonds. The van der Waals surface area contributed by atoms with Crippen LogP contribution in [-0.2, 0) is 4.79 Å². The first-order valence-electron chi connectivity index (χ1n) is 5.82. The minimum absolute atomic E-state index is 0.00235. The van der Waals surface area contributed by atoms with Gasteiger partial charge in [-0.15, -0.1) is 11.6 Å². The Balaban J connectivity index is 2.62. The zero-order valence-corrected chi connectivity index (χ0v) is 11.4. The molecule has 0 radical (unpaired) electrons. The van der Waals surface area contributed by atoms with Crippen LogP contribution in [0.15, 0.2) is 30.3 Å². The molecular weight excluding hydrogens is 234 g/mol. The SMILES string of the molecule is CC(C)(C)CC(=O)NC(CCl)c1ccccc1. The lowest BCUT2D eigenvalue weighted by Crippen LogP contribution is -2.32. The van der Waals surface area contributed by atoms with Gasteiger partial charge in [-0.2, -0.15) is 0 Å². The second-order valence-electron chi connectivity index (χ2n) is 5.42. The monoisotopic (exact) mass is 253 g/mol. The van der Waals surface area contributed by atoms with Crippen molar-refractivity contribution in [1.82, 2.24) is 5.32 Å². The molecule has 1 N–H and O–H groups in total. The van der Waals surface area contributed by atoms with Crippen LogP contribution in [0.3, 0.4) is 0 Å². The summed E-state index contributed by atoms with van der Waals surface area (Å²) in [6.07, 6.45) is 0.507. The van der Waals surface area contributed by atoms with E-state index in [9.17, 15) is 4.79 Å². The summed E-state index contributed by atoms with van der Waals surface area (Å²) in [5.41, 5.74) is 1.04. The normalized spacial score (nSPS) is 13.2. The van der Waals surface area contributed by atoms with Gasteiger partial charge in [0.15, 0.2) is 0 Å². The summed E-state index contributed by atoms with van der Waals surface area (Å²) >= 11 is 5.90. The number of alkyl halides is 1. The molecule has 94 valence electrons. The first-order valence-corrected chi connectivity index (χ1v) is 6.36. The molecule has 0 bridgehead atoms. The second kappa shape index (κ2) is 6.06. The zero-order chi connectivity index (χ0) is 12.9. The maximum Gasteiger partial charge on any atom is 0.221 e. The highest BCUT2D eigenvalue weighted by Gasteiger charge is 2.19. The van der Waals surface area contributed by atoms with E-state index >= 15 is 0 Å². The van der Waals surface area contributed by atoms with E-state index in [0.29, 0.717) is 12.3 Å². The number of benzene rings is 1. The average molecular weight is 254 g/mol. The Morgan fingerprint density at radius 2 is 1.88 bits per heavy atom. The third-order valence-electron chi connectivity index (χ3n) is 2.38. The van der Waals surface area contributed by atoms with Crippen LogP contribution < -0.4 is 5.32 Å². The van der Waals surface area contributed by atoms with Crippen LogP contribution in [0.5, 0.6) is 0 Å². The Kier molecular flexibility index (Phi) is 5.01. The number of amides is 1. The van der Waals surface area contributed by atoms with Crippen LogP contribution >= 0.6 is 11.6 Å². The Morgan fingerprint density at radius 3 is 2.35 bits per heavy atom. The van der Waals surface area contributed by atoms with Gasteiger partial charge in [-0.05, 0) is 11.0 Å².